The third-order valence-electron chi connectivity index (χ3n) is 4.01. The molecule has 0 atom stereocenters. The Morgan fingerprint density at radius 3 is 2.67 bits per heavy atom. The van der Waals surface area contributed by atoms with E-state index in [0.29, 0.717) is 18.6 Å². The first-order valence-electron chi connectivity index (χ1n) is 7.65. The van der Waals surface area contributed by atoms with E-state index >= 15 is 0 Å². The quantitative estimate of drug-likeness (QED) is 0.628. The molecule has 0 unspecified atom stereocenters. The number of nitrogens with zero attached hydrogens (tertiary/aromatic N) is 1. The van der Waals surface area contributed by atoms with E-state index in [1.807, 2.05) is 6.26 Å². The molecule has 0 heterocycles. The number of carbonyl (C=O) groups is 2. The smallest absolute Gasteiger partial charge is 0.342 e. The summed E-state index contributed by atoms with van der Waals surface area (Å²) in [4.78, 5) is 25.1. The lowest BCUT2D eigenvalue weighted by Gasteiger charge is -2.21. The molecule has 6 nitrogen and oxygen atoms in total. The van der Waals surface area contributed by atoms with Gasteiger partial charge in [0.25, 0.3) is 5.91 Å². The fourth-order valence-corrected chi connectivity index (χ4v) is 3.15. The highest BCUT2D eigenvalue weighted by molar-refractivity contribution is 7.98. The Kier molecular flexibility index (Phi) is 6.10. The number of amides is 1. The minimum atomic E-state index is -0.818. The van der Waals surface area contributed by atoms with Gasteiger partial charge in [-0.05, 0) is 50.1 Å². The number of hydrogen-bond acceptors (Lipinski definition) is 6. The zero-order valence-electron chi connectivity index (χ0n) is 13.8. The molecule has 1 saturated carbocycles. The maximum atomic E-state index is 12.2. The van der Waals surface area contributed by atoms with Gasteiger partial charge in [-0.1, -0.05) is 0 Å². The molecule has 1 aliphatic carbocycles. The Balaban J connectivity index is 1.95. The van der Waals surface area contributed by atoms with Crippen LogP contribution in [0.4, 0.5) is 0 Å². The molecule has 0 bridgehead atoms. The molecule has 1 N–H and O–H groups in total. The molecule has 0 saturated heterocycles. The molecule has 0 aromatic heterocycles. The molecule has 1 amide bonds. The first kappa shape index (κ1) is 18.1. The van der Waals surface area contributed by atoms with Crippen LogP contribution in [-0.2, 0) is 9.53 Å². The van der Waals surface area contributed by atoms with Crippen molar-refractivity contribution in [2.24, 2.45) is 0 Å². The number of hydrogen-bond donors (Lipinski definition) is 1. The average molecular weight is 348 g/mol. The van der Waals surface area contributed by atoms with Gasteiger partial charge in [-0.3, -0.25) is 4.79 Å². The van der Waals surface area contributed by atoms with Crippen LogP contribution in [0.1, 0.15) is 36.0 Å². The second-order valence-electron chi connectivity index (χ2n) is 5.59. The number of benzene rings is 1. The Bertz CT molecular complexity index is 663. The number of nitriles is 1. The Labute approximate surface area is 145 Å². The summed E-state index contributed by atoms with van der Waals surface area (Å²) in [7, 11) is 1.47. The molecule has 1 fully saturated rings. The number of rotatable bonds is 6. The molecule has 128 valence electrons. The molecule has 0 spiro atoms. The van der Waals surface area contributed by atoms with Gasteiger partial charge in [0.2, 0.25) is 0 Å². The van der Waals surface area contributed by atoms with Crippen molar-refractivity contribution in [3.05, 3.63) is 23.8 Å². The molecule has 2 rings (SSSR count). The van der Waals surface area contributed by atoms with Crippen LogP contribution in [0.5, 0.6) is 5.75 Å². The van der Waals surface area contributed by atoms with E-state index in [9.17, 15) is 14.9 Å². The first-order chi connectivity index (χ1) is 11.5. The number of nitrogens with one attached hydrogen (secondary N) is 1. The van der Waals surface area contributed by atoms with Crippen LogP contribution < -0.4 is 10.1 Å². The number of esters is 1. The summed E-state index contributed by atoms with van der Waals surface area (Å²) in [6, 6.07) is 7.30. The van der Waals surface area contributed by atoms with Crippen molar-refractivity contribution in [2.45, 2.75) is 36.1 Å². The molecule has 1 aromatic carbocycles. The van der Waals surface area contributed by atoms with Crippen molar-refractivity contribution >= 4 is 23.6 Å². The molecule has 7 heteroatoms. The zero-order chi connectivity index (χ0) is 17.6. The Morgan fingerprint density at radius 2 is 2.08 bits per heavy atom. The van der Waals surface area contributed by atoms with Crippen LogP contribution in [0.2, 0.25) is 0 Å². The second-order valence-corrected chi connectivity index (χ2v) is 6.47. The summed E-state index contributed by atoms with van der Waals surface area (Å²) in [5.41, 5.74) is -0.555. The topological polar surface area (TPSA) is 88.4 Å². The van der Waals surface area contributed by atoms with Gasteiger partial charge in [-0.2, -0.15) is 5.26 Å². The van der Waals surface area contributed by atoms with Gasteiger partial charge in [0.1, 0.15) is 16.9 Å². The lowest BCUT2D eigenvalue weighted by Crippen LogP contribution is -2.46. The monoisotopic (exact) mass is 348 g/mol. The van der Waals surface area contributed by atoms with Crippen molar-refractivity contribution in [1.82, 2.24) is 5.32 Å². The summed E-state index contributed by atoms with van der Waals surface area (Å²) in [5.74, 6) is -0.699. The van der Waals surface area contributed by atoms with Crippen molar-refractivity contribution in [3.8, 4) is 11.8 Å². The Hall–Kier alpha value is -2.20. The summed E-state index contributed by atoms with van der Waals surface area (Å²) < 4.78 is 10.3. The molecule has 1 aromatic rings. The maximum absolute atomic E-state index is 12.2. The minimum Gasteiger partial charge on any atom is -0.496 e. The second kappa shape index (κ2) is 8.06. The molecule has 0 radical (unpaired) electrons. The Morgan fingerprint density at radius 1 is 1.38 bits per heavy atom. The molecular weight excluding hydrogens is 328 g/mol. The SMILES string of the molecule is COc1cc(SC)ccc1C(=O)OCC(=O)NC1(C#N)CCCC1. The minimum absolute atomic E-state index is 0.263. The predicted octanol–water partition coefficient (Wildman–Crippen LogP) is 2.53. The van der Waals surface area contributed by atoms with E-state index in [1.165, 1.54) is 18.9 Å². The molecule has 0 aliphatic heterocycles. The fourth-order valence-electron chi connectivity index (χ4n) is 2.72. The predicted molar refractivity (Wildman–Crippen MR) is 90.0 cm³/mol. The standard InChI is InChI=1S/C17H20N2O4S/c1-22-14-9-12(24-2)5-6-13(14)16(21)23-10-15(20)19-17(11-18)7-3-4-8-17/h5-6,9H,3-4,7-8,10H2,1-2H3,(H,19,20). The van der Waals surface area contributed by atoms with Gasteiger partial charge in [-0.15, -0.1) is 11.8 Å². The maximum Gasteiger partial charge on any atom is 0.342 e. The van der Waals surface area contributed by atoms with Gasteiger partial charge in [0, 0.05) is 4.90 Å². The first-order valence-corrected chi connectivity index (χ1v) is 8.87. The van der Waals surface area contributed by atoms with Crippen LogP contribution in [0.25, 0.3) is 0 Å². The van der Waals surface area contributed by atoms with E-state index < -0.39 is 24.0 Å². The van der Waals surface area contributed by atoms with Gasteiger partial charge in [0.05, 0.1) is 13.2 Å². The highest BCUT2D eigenvalue weighted by Gasteiger charge is 2.35. The van der Waals surface area contributed by atoms with Crippen LogP contribution in [0, 0.1) is 11.3 Å². The lowest BCUT2D eigenvalue weighted by molar-refractivity contribution is -0.125. The number of carbonyl (C=O) groups excluding carboxylic acids is 2. The lowest BCUT2D eigenvalue weighted by atomic mass is 10.00. The van der Waals surface area contributed by atoms with Gasteiger partial charge < -0.3 is 14.8 Å². The summed E-state index contributed by atoms with van der Waals surface area (Å²) >= 11 is 1.53. The number of methoxy groups -OCH3 is 1. The fraction of sp³-hybridized carbons (Fsp3) is 0.471. The summed E-state index contributed by atoms with van der Waals surface area (Å²) in [5, 5.41) is 11.9. The third-order valence-corrected chi connectivity index (χ3v) is 4.74. The van der Waals surface area contributed by atoms with Gasteiger partial charge in [-0.25, -0.2) is 4.79 Å². The van der Waals surface area contributed by atoms with E-state index in [0.717, 1.165) is 17.7 Å². The van der Waals surface area contributed by atoms with Crippen LogP contribution in [0.3, 0.4) is 0 Å². The molecule has 24 heavy (non-hydrogen) atoms. The summed E-state index contributed by atoms with van der Waals surface area (Å²) in [6.07, 6.45) is 5.00. The van der Waals surface area contributed by atoms with E-state index in [-0.39, 0.29) is 5.56 Å². The van der Waals surface area contributed by atoms with Crippen molar-refractivity contribution in [2.75, 3.05) is 20.0 Å². The van der Waals surface area contributed by atoms with Crippen molar-refractivity contribution in [3.63, 3.8) is 0 Å². The zero-order valence-corrected chi connectivity index (χ0v) is 14.6. The molecular formula is C17H20N2O4S. The van der Waals surface area contributed by atoms with Crippen molar-refractivity contribution < 1.29 is 19.1 Å². The van der Waals surface area contributed by atoms with E-state index in [1.54, 1.807) is 18.2 Å². The largest absolute Gasteiger partial charge is 0.496 e. The normalized spacial score (nSPS) is 15.4. The van der Waals surface area contributed by atoms with E-state index in [4.69, 9.17) is 9.47 Å². The van der Waals surface area contributed by atoms with Crippen molar-refractivity contribution in [1.29, 1.82) is 5.26 Å². The van der Waals surface area contributed by atoms with Crippen LogP contribution in [0.15, 0.2) is 23.1 Å². The average Bonchev–Trinajstić information content (AvgIpc) is 3.07. The molecule has 1 aliphatic rings. The highest BCUT2D eigenvalue weighted by atomic mass is 32.2. The highest BCUT2D eigenvalue weighted by Crippen LogP contribution is 2.29. The van der Waals surface area contributed by atoms with Gasteiger partial charge >= 0.3 is 5.97 Å². The van der Waals surface area contributed by atoms with Crippen LogP contribution >= 0.6 is 11.8 Å². The third kappa shape index (κ3) is 4.20. The summed E-state index contributed by atoms with van der Waals surface area (Å²) in [6.45, 7) is -0.421. The van der Waals surface area contributed by atoms with Crippen LogP contribution in [-0.4, -0.2) is 37.4 Å². The number of ether oxygens (including phenoxy) is 2. The number of thioether (sulfide) groups is 1. The van der Waals surface area contributed by atoms with Gasteiger partial charge in [0.15, 0.2) is 6.61 Å². The van der Waals surface area contributed by atoms with E-state index in [2.05, 4.69) is 11.4 Å².